The van der Waals surface area contributed by atoms with Crippen LogP contribution >= 0.6 is 0 Å². The summed E-state index contributed by atoms with van der Waals surface area (Å²) < 4.78 is 38.2. The van der Waals surface area contributed by atoms with Crippen LogP contribution in [-0.4, -0.2) is 36.8 Å². The lowest BCUT2D eigenvalue weighted by atomic mass is 9.74. The number of nitrogens with zero attached hydrogens (tertiary/aromatic N) is 1. The number of alkyl halides is 3. The number of hydrogen-bond donors (Lipinski definition) is 1. The van der Waals surface area contributed by atoms with Crippen molar-refractivity contribution in [1.82, 2.24) is 4.90 Å². The second kappa shape index (κ2) is 5.60. The van der Waals surface area contributed by atoms with Crippen molar-refractivity contribution >= 4 is 0 Å². The zero-order valence-corrected chi connectivity index (χ0v) is 12.5. The lowest BCUT2D eigenvalue weighted by Gasteiger charge is -2.48. The summed E-state index contributed by atoms with van der Waals surface area (Å²) in [5, 5.41) is 0. The molecule has 0 heterocycles. The SMILES string of the molecule is CN(CC(C)(C)C)C1(CN)CCC(C(F)(F)F)CC1. The highest BCUT2D eigenvalue weighted by Gasteiger charge is 2.47. The summed E-state index contributed by atoms with van der Waals surface area (Å²) in [6.45, 7) is 7.68. The van der Waals surface area contributed by atoms with Crippen molar-refractivity contribution in [2.75, 3.05) is 20.1 Å². The van der Waals surface area contributed by atoms with Crippen LogP contribution in [0.1, 0.15) is 46.5 Å². The van der Waals surface area contributed by atoms with Gasteiger partial charge < -0.3 is 5.73 Å². The molecule has 2 nitrogen and oxygen atoms in total. The van der Waals surface area contributed by atoms with E-state index in [1.165, 1.54) is 0 Å². The van der Waals surface area contributed by atoms with Crippen LogP contribution in [0.25, 0.3) is 0 Å². The Kier molecular flexibility index (Phi) is 4.94. The Balaban J connectivity index is 2.70. The van der Waals surface area contributed by atoms with Gasteiger partial charge in [0.15, 0.2) is 0 Å². The van der Waals surface area contributed by atoms with E-state index in [-0.39, 0.29) is 23.8 Å². The minimum Gasteiger partial charge on any atom is -0.329 e. The van der Waals surface area contributed by atoms with Crippen LogP contribution in [-0.2, 0) is 0 Å². The van der Waals surface area contributed by atoms with E-state index in [4.69, 9.17) is 5.73 Å². The molecule has 5 heteroatoms. The smallest absolute Gasteiger partial charge is 0.329 e. The van der Waals surface area contributed by atoms with Gasteiger partial charge >= 0.3 is 6.18 Å². The monoisotopic (exact) mass is 280 g/mol. The van der Waals surface area contributed by atoms with Crippen LogP contribution in [0.4, 0.5) is 13.2 Å². The highest BCUT2D eigenvalue weighted by atomic mass is 19.4. The fraction of sp³-hybridized carbons (Fsp3) is 1.00. The lowest BCUT2D eigenvalue weighted by molar-refractivity contribution is -0.188. The predicted molar refractivity (Wildman–Crippen MR) is 71.9 cm³/mol. The second-order valence-corrected chi connectivity index (χ2v) is 7.16. The van der Waals surface area contributed by atoms with E-state index in [0.29, 0.717) is 19.4 Å². The third-order valence-electron chi connectivity index (χ3n) is 4.28. The number of hydrogen-bond acceptors (Lipinski definition) is 2. The van der Waals surface area contributed by atoms with Gasteiger partial charge in [-0.1, -0.05) is 20.8 Å². The van der Waals surface area contributed by atoms with Crippen LogP contribution in [0.3, 0.4) is 0 Å². The van der Waals surface area contributed by atoms with Gasteiger partial charge in [-0.05, 0) is 38.1 Å². The van der Waals surface area contributed by atoms with Gasteiger partial charge in [0.25, 0.3) is 0 Å². The molecule has 1 fully saturated rings. The van der Waals surface area contributed by atoms with Crippen molar-refractivity contribution in [2.45, 2.75) is 58.2 Å². The summed E-state index contributed by atoms with van der Waals surface area (Å²) in [6.07, 6.45) is -2.56. The van der Waals surface area contributed by atoms with E-state index in [0.717, 1.165) is 6.54 Å². The number of rotatable bonds is 3. The first-order valence-electron chi connectivity index (χ1n) is 6.98. The van der Waals surface area contributed by atoms with E-state index in [1.807, 2.05) is 7.05 Å². The topological polar surface area (TPSA) is 29.3 Å². The number of likely N-dealkylation sites (N-methyl/N-ethyl adjacent to an activating group) is 1. The van der Waals surface area contributed by atoms with Crippen molar-refractivity contribution < 1.29 is 13.2 Å². The summed E-state index contributed by atoms with van der Waals surface area (Å²) in [7, 11) is 1.99. The molecule has 1 aliphatic rings. The summed E-state index contributed by atoms with van der Waals surface area (Å²) in [4.78, 5) is 2.18. The molecule has 0 aromatic carbocycles. The van der Waals surface area contributed by atoms with E-state index >= 15 is 0 Å². The number of nitrogens with two attached hydrogens (primary N) is 1. The maximum absolute atomic E-state index is 12.7. The zero-order valence-electron chi connectivity index (χ0n) is 12.5. The highest BCUT2D eigenvalue weighted by molar-refractivity contribution is 4.96. The molecule has 0 bridgehead atoms. The molecule has 2 N–H and O–H groups in total. The first-order chi connectivity index (χ1) is 8.50. The van der Waals surface area contributed by atoms with E-state index in [2.05, 4.69) is 25.7 Å². The van der Waals surface area contributed by atoms with Crippen LogP contribution < -0.4 is 5.73 Å². The Bertz CT molecular complexity index is 286. The second-order valence-electron chi connectivity index (χ2n) is 7.16. The summed E-state index contributed by atoms with van der Waals surface area (Å²) >= 11 is 0. The van der Waals surface area contributed by atoms with Crippen molar-refractivity contribution in [2.24, 2.45) is 17.1 Å². The predicted octanol–water partition coefficient (Wildman–Crippen LogP) is 3.41. The molecule has 0 amide bonds. The van der Waals surface area contributed by atoms with Crippen molar-refractivity contribution in [3.8, 4) is 0 Å². The van der Waals surface area contributed by atoms with Crippen molar-refractivity contribution in [3.05, 3.63) is 0 Å². The molecular weight excluding hydrogens is 253 g/mol. The Labute approximate surface area is 114 Å². The first kappa shape index (κ1) is 16.8. The molecule has 0 saturated heterocycles. The first-order valence-corrected chi connectivity index (χ1v) is 6.98. The van der Waals surface area contributed by atoms with Gasteiger partial charge in [-0.2, -0.15) is 13.2 Å². The largest absolute Gasteiger partial charge is 0.391 e. The van der Waals surface area contributed by atoms with Crippen molar-refractivity contribution in [3.63, 3.8) is 0 Å². The van der Waals surface area contributed by atoms with Crippen LogP contribution in [0, 0.1) is 11.3 Å². The molecule has 0 unspecified atom stereocenters. The molecule has 0 atom stereocenters. The van der Waals surface area contributed by atoms with E-state index in [9.17, 15) is 13.2 Å². The zero-order chi connectivity index (χ0) is 14.9. The van der Waals surface area contributed by atoms with Gasteiger partial charge in [-0.3, -0.25) is 4.90 Å². The van der Waals surface area contributed by atoms with E-state index in [1.54, 1.807) is 0 Å². The van der Waals surface area contributed by atoms with Crippen LogP contribution in [0.15, 0.2) is 0 Å². The van der Waals surface area contributed by atoms with Gasteiger partial charge in [0.05, 0.1) is 5.92 Å². The molecule has 0 aliphatic heterocycles. The van der Waals surface area contributed by atoms with E-state index < -0.39 is 12.1 Å². The highest BCUT2D eigenvalue weighted by Crippen LogP contribution is 2.43. The molecule has 19 heavy (non-hydrogen) atoms. The molecular formula is C14H27F3N2. The summed E-state index contributed by atoms with van der Waals surface area (Å²) in [5.41, 5.74) is 5.76. The third kappa shape index (κ3) is 4.35. The Hall–Kier alpha value is -0.290. The average Bonchev–Trinajstić information content (AvgIpc) is 2.25. The minimum absolute atomic E-state index is 0.123. The fourth-order valence-electron chi connectivity index (χ4n) is 3.10. The average molecular weight is 280 g/mol. The maximum Gasteiger partial charge on any atom is 0.391 e. The van der Waals surface area contributed by atoms with Crippen LogP contribution in [0.5, 0.6) is 0 Å². The molecule has 0 spiro atoms. The molecule has 0 radical (unpaired) electrons. The quantitative estimate of drug-likeness (QED) is 0.858. The Morgan fingerprint density at radius 3 is 1.95 bits per heavy atom. The molecule has 1 rings (SSSR count). The van der Waals surface area contributed by atoms with Gasteiger partial charge in [0.1, 0.15) is 0 Å². The molecule has 1 aliphatic carbocycles. The molecule has 0 aromatic rings. The normalized spacial score (nSPS) is 29.8. The lowest BCUT2D eigenvalue weighted by Crippen LogP contribution is -2.56. The molecule has 0 aromatic heterocycles. The summed E-state index contributed by atoms with van der Waals surface area (Å²) in [5.74, 6) is -1.14. The van der Waals surface area contributed by atoms with Crippen LogP contribution in [0.2, 0.25) is 0 Å². The van der Waals surface area contributed by atoms with Gasteiger partial charge in [0.2, 0.25) is 0 Å². The fourth-order valence-corrected chi connectivity index (χ4v) is 3.10. The Morgan fingerprint density at radius 1 is 1.16 bits per heavy atom. The minimum atomic E-state index is -4.05. The maximum atomic E-state index is 12.7. The summed E-state index contributed by atoms with van der Waals surface area (Å²) in [6, 6.07) is 0. The number of halogens is 3. The van der Waals surface area contributed by atoms with Gasteiger partial charge in [-0.15, -0.1) is 0 Å². The molecule has 114 valence electrons. The van der Waals surface area contributed by atoms with Crippen molar-refractivity contribution in [1.29, 1.82) is 0 Å². The van der Waals surface area contributed by atoms with Gasteiger partial charge in [-0.25, -0.2) is 0 Å². The molecule has 1 saturated carbocycles. The standard InChI is InChI=1S/C14H27F3N2/c1-12(2,3)10-19(4)13(9-18)7-5-11(6-8-13)14(15,16)17/h11H,5-10,18H2,1-4H3. The Morgan fingerprint density at radius 2 is 1.63 bits per heavy atom. The van der Waals surface area contributed by atoms with Gasteiger partial charge in [0, 0.05) is 18.6 Å². The third-order valence-corrected chi connectivity index (χ3v) is 4.28.